The van der Waals surface area contributed by atoms with Crippen molar-refractivity contribution in [1.29, 1.82) is 0 Å². The summed E-state index contributed by atoms with van der Waals surface area (Å²) in [5.41, 5.74) is 3.97. The number of amides is 2. The Hall–Kier alpha value is -2.86. The Labute approximate surface area is 221 Å². The summed E-state index contributed by atoms with van der Waals surface area (Å²) in [4.78, 5) is 30.9. The van der Waals surface area contributed by atoms with E-state index >= 15 is 0 Å². The first-order chi connectivity index (χ1) is 17.9. The summed E-state index contributed by atoms with van der Waals surface area (Å²) in [6.45, 7) is 8.64. The summed E-state index contributed by atoms with van der Waals surface area (Å²) in [6.07, 6.45) is 5.29. The van der Waals surface area contributed by atoms with Gasteiger partial charge in [0.05, 0.1) is 13.2 Å². The minimum atomic E-state index is 0.0499. The van der Waals surface area contributed by atoms with Gasteiger partial charge in [0.25, 0.3) is 5.91 Å². The molecular weight excluding hydrogens is 462 g/mol. The van der Waals surface area contributed by atoms with Gasteiger partial charge in [-0.25, -0.2) is 0 Å². The maximum Gasteiger partial charge on any atom is 0.254 e. The van der Waals surface area contributed by atoms with E-state index in [1.807, 2.05) is 32.0 Å². The summed E-state index contributed by atoms with van der Waals surface area (Å²) < 4.78 is 5.37. The van der Waals surface area contributed by atoms with Crippen LogP contribution in [-0.4, -0.2) is 61.4 Å². The van der Waals surface area contributed by atoms with Crippen LogP contribution in [0, 0.1) is 31.6 Å². The van der Waals surface area contributed by atoms with E-state index in [-0.39, 0.29) is 23.8 Å². The SMILES string of the molecule is COc1cc(C)c(C(=O)N2CC3CN(CCC(NC(=O)C4CCCC4)c4ccccc4)C[C@H]3C2)c(C)c1. The van der Waals surface area contributed by atoms with Crippen molar-refractivity contribution < 1.29 is 14.3 Å². The van der Waals surface area contributed by atoms with Crippen molar-refractivity contribution >= 4 is 11.8 Å². The molecule has 2 aromatic carbocycles. The quantitative estimate of drug-likeness (QED) is 0.565. The van der Waals surface area contributed by atoms with Gasteiger partial charge in [-0.2, -0.15) is 0 Å². The fourth-order valence-corrected chi connectivity index (χ4v) is 6.77. The van der Waals surface area contributed by atoms with Gasteiger partial charge in [0.15, 0.2) is 0 Å². The van der Waals surface area contributed by atoms with Crippen molar-refractivity contribution in [3.63, 3.8) is 0 Å². The van der Waals surface area contributed by atoms with Crippen LogP contribution in [-0.2, 0) is 4.79 Å². The molecular formula is C31H41N3O3. The van der Waals surface area contributed by atoms with Crippen LogP contribution in [0.5, 0.6) is 5.75 Å². The van der Waals surface area contributed by atoms with E-state index in [1.54, 1.807) is 7.11 Å². The van der Waals surface area contributed by atoms with E-state index in [4.69, 9.17) is 4.74 Å². The number of ether oxygens (including phenoxy) is 1. The topological polar surface area (TPSA) is 61.9 Å². The Morgan fingerprint density at radius 1 is 0.973 bits per heavy atom. The van der Waals surface area contributed by atoms with Gasteiger partial charge in [-0.15, -0.1) is 0 Å². The van der Waals surface area contributed by atoms with Gasteiger partial charge < -0.3 is 19.9 Å². The molecule has 5 rings (SSSR count). The van der Waals surface area contributed by atoms with Crippen molar-refractivity contribution in [3.05, 3.63) is 64.7 Å². The van der Waals surface area contributed by atoms with E-state index in [9.17, 15) is 9.59 Å². The predicted octanol–water partition coefficient (Wildman–Crippen LogP) is 4.75. The van der Waals surface area contributed by atoms with Crippen LogP contribution in [0.2, 0.25) is 0 Å². The zero-order chi connectivity index (χ0) is 25.9. The van der Waals surface area contributed by atoms with Crippen LogP contribution >= 0.6 is 0 Å². The third-order valence-electron chi connectivity index (χ3n) is 8.78. The number of rotatable bonds is 8. The summed E-state index contributed by atoms with van der Waals surface area (Å²) in [7, 11) is 1.66. The van der Waals surface area contributed by atoms with Gasteiger partial charge in [0.2, 0.25) is 5.91 Å². The Balaban J connectivity index is 1.17. The van der Waals surface area contributed by atoms with Crippen LogP contribution in [0.1, 0.15) is 65.2 Å². The number of benzene rings is 2. The van der Waals surface area contributed by atoms with Crippen molar-refractivity contribution in [2.45, 2.75) is 52.0 Å². The minimum absolute atomic E-state index is 0.0499. The molecule has 3 fully saturated rings. The lowest BCUT2D eigenvalue weighted by Crippen LogP contribution is -2.37. The lowest BCUT2D eigenvalue weighted by atomic mass is 10.0. The molecule has 3 atom stereocenters. The first-order valence-corrected chi connectivity index (χ1v) is 13.9. The number of hydrogen-bond acceptors (Lipinski definition) is 4. The largest absolute Gasteiger partial charge is 0.497 e. The molecule has 0 bridgehead atoms. The molecule has 0 spiro atoms. The highest BCUT2D eigenvalue weighted by Gasteiger charge is 2.42. The molecule has 6 nitrogen and oxygen atoms in total. The first kappa shape index (κ1) is 25.8. The lowest BCUT2D eigenvalue weighted by molar-refractivity contribution is -0.125. The lowest BCUT2D eigenvalue weighted by Gasteiger charge is -2.26. The fourth-order valence-electron chi connectivity index (χ4n) is 6.77. The van der Waals surface area contributed by atoms with Crippen LogP contribution in [0.15, 0.2) is 42.5 Å². The van der Waals surface area contributed by atoms with Gasteiger partial charge in [-0.1, -0.05) is 43.2 Å². The average molecular weight is 504 g/mol. The van der Waals surface area contributed by atoms with E-state index in [0.29, 0.717) is 11.8 Å². The monoisotopic (exact) mass is 503 g/mol. The summed E-state index contributed by atoms with van der Waals surface area (Å²) >= 11 is 0. The second kappa shape index (κ2) is 11.3. The van der Waals surface area contributed by atoms with Crippen molar-refractivity contribution in [2.24, 2.45) is 17.8 Å². The minimum Gasteiger partial charge on any atom is -0.497 e. The van der Waals surface area contributed by atoms with Crippen molar-refractivity contribution in [2.75, 3.05) is 39.8 Å². The summed E-state index contributed by atoms with van der Waals surface area (Å²) in [5, 5.41) is 3.38. The highest BCUT2D eigenvalue weighted by atomic mass is 16.5. The van der Waals surface area contributed by atoms with Gasteiger partial charge >= 0.3 is 0 Å². The molecule has 1 aliphatic carbocycles. The van der Waals surface area contributed by atoms with Crippen LogP contribution in [0.25, 0.3) is 0 Å². The number of methoxy groups -OCH3 is 1. The zero-order valence-electron chi connectivity index (χ0n) is 22.5. The standard InChI is InChI=1S/C31H41N3O3/c1-21-15-27(37-3)16-22(2)29(21)31(36)34-19-25-17-33(18-26(25)20-34)14-13-28(23-9-5-4-6-10-23)32-30(35)24-11-7-8-12-24/h4-6,9-10,15-16,24-26,28H,7-8,11-14,17-20H2,1-3H3,(H,32,35)/t25-,26?,28?/m0/s1. The Kier molecular flexibility index (Phi) is 7.84. The Bertz CT molecular complexity index is 1070. The third kappa shape index (κ3) is 5.69. The molecule has 2 saturated heterocycles. The number of carbonyl (C=O) groups excluding carboxylic acids is 2. The number of hydrogen-bond donors (Lipinski definition) is 1. The molecule has 1 saturated carbocycles. The normalized spacial score (nSPS) is 22.7. The third-order valence-corrected chi connectivity index (χ3v) is 8.78. The number of aryl methyl sites for hydroxylation is 2. The molecule has 2 aliphatic heterocycles. The number of fused-ring (bicyclic) bond motifs is 1. The van der Waals surface area contributed by atoms with Crippen LogP contribution in [0.3, 0.4) is 0 Å². The fraction of sp³-hybridized carbons (Fsp3) is 0.548. The van der Waals surface area contributed by atoms with Crippen LogP contribution < -0.4 is 10.1 Å². The van der Waals surface area contributed by atoms with Gasteiger partial charge in [0, 0.05) is 44.2 Å². The summed E-state index contributed by atoms with van der Waals surface area (Å²) in [6, 6.07) is 14.4. The van der Waals surface area contributed by atoms with E-state index < -0.39 is 0 Å². The van der Waals surface area contributed by atoms with Crippen LogP contribution in [0.4, 0.5) is 0 Å². The van der Waals surface area contributed by atoms with E-state index in [2.05, 4.69) is 39.4 Å². The molecule has 2 heterocycles. The number of nitrogens with one attached hydrogen (secondary N) is 1. The maximum atomic E-state index is 13.4. The number of carbonyl (C=O) groups is 2. The second-order valence-electron chi connectivity index (χ2n) is 11.4. The predicted molar refractivity (Wildman–Crippen MR) is 146 cm³/mol. The highest BCUT2D eigenvalue weighted by molar-refractivity contribution is 5.97. The Morgan fingerprint density at radius 2 is 1.59 bits per heavy atom. The molecule has 0 aromatic heterocycles. The number of nitrogens with zero attached hydrogens (tertiary/aromatic N) is 2. The number of likely N-dealkylation sites (tertiary alicyclic amines) is 2. The average Bonchev–Trinajstić information content (AvgIpc) is 3.63. The Morgan fingerprint density at radius 3 is 2.19 bits per heavy atom. The molecule has 0 radical (unpaired) electrons. The van der Waals surface area contributed by atoms with E-state index in [0.717, 1.165) is 74.4 Å². The molecule has 2 unspecified atom stereocenters. The molecule has 2 aromatic rings. The van der Waals surface area contributed by atoms with Gasteiger partial charge in [0.1, 0.15) is 5.75 Å². The smallest absolute Gasteiger partial charge is 0.254 e. The highest BCUT2D eigenvalue weighted by Crippen LogP contribution is 2.34. The second-order valence-corrected chi connectivity index (χ2v) is 11.4. The van der Waals surface area contributed by atoms with Gasteiger partial charge in [-0.3, -0.25) is 9.59 Å². The van der Waals surface area contributed by atoms with Gasteiger partial charge in [-0.05, 0) is 73.8 Å². The molecule has 3 aliphatic rings. The maximum absolute atomic E-state index is 13.4. The zero-order valence-corrected chi connectivity index (χ0v) is 22.5. The van der Waals surface area contributed by atoms with E-state index in [1.165, 1.54) is 18.4 Å². The molecule has 1 N–H and O–H groups in total. The van der Waals surface area contributed by atoms with Crippen molar-refractivity contribution in [3.8, 4) is 5.75 Å². The molecule has 6 heteroatoms. The summed E-state index contributed by atoms with van der Waals surface area (Å²) in [5.74, 6) is 2.39. The molecule has 37 heavy (non-hydrogen) atoms. The molecule has 198 valence electrons. The first-order valence-electron chi connectivity index (χ1n) is 13.9. The molecule has 2 amide bonds. The van der Waals surface area contributed by atoms with Crippen molar-refractivity contribution in [1.82, 2.24) is 15.1 Å².